The number of halogens is 2. The summed E-state index contributed by atoms with van der Waals surface area (Å²) in [7, 11) is 0. The van der Waals surface area contributed by atoms with E-state index in [1.54, 1.807) is 6.92 Å². The number of benzene rings is 1. The third kappa shape index (κ3) is 2.26. The molecular formula is C16H18F2O2. The molecule has 0 N–H and O–H groups in total. The lowest BCUT2D eigenvalue weighted by atomic mass is 9.70. The van der Waals surface area contributed by atoms with Gasteiger partial charge in [-0.25, -0.2) is 8.78 Å². The molecule has 1 aliphatic heterocycles. The zero-order valence-electron chi connectivity index (χ0n) is 11.5. The lowest BCUT2D eigenvalue weighted by Gasteiger charge is -2.46. The highest BCUT2D eigenvalue weighted by Crippen LogP contribution is 2.45. The number of carbonyl (C=O) groups excluding carboxylic acids is 1. The van der Waals surface area contributed by atoms with Gasteiger partial charge in [0.25, 0.3) is 0 Å². The summed E-state index contributed by atoms with van der Waals surface area (Å²) in [6, 6.07) is 2.14. The van der Waals surface area contributed by atoms with Crippen LogP contribution in [-0.2, 0) is 4.74 Å². The SMILES string of the molecule is Cc1cc(C(=O)C2CCOC3(CCC3)C2)c(F)cc1F. The molecule has 2 fully saturated rings. The summed E-state index contributed by atoms with van der Waals surface area (Å²) in [6.45, 7) is 2.10. The van der Waals surface area contributed by atoms with E-state index in [4.69, 9.17) is 4.74 Å². The van der Waals surface area contributed by atoms with Crippen LogP contribution >= 0.6 is 0 Å². The fourth-order valence-corrected chi connectivity index (χ4v) is 3.24. The molecule has 4 heteroatoms. The molecule has 1 aromatic rings. The molecule has 0 radical (unpaired) electrons. The lowest BCUT2D eigenvalue weighted by molar-refractivity contribution is -0.137. The summed E-state index contributed by atoms with van der Waals surface area (Å²) < 4.78 is 32.9. The molecule has 1 saturated carbocycles. The topological polar surface area (TPSA) is 26.3 Å². The molecule has 1 atom stereocenters. The highest BCUT2D eigenvalue weighted by molar-refractivity contribution is 5.98. The Kier molecular flexibility index (Phi) is 3.36. The Morgan fingerprint density at radius 3 is 2.70 bits per heavy atom. The largest absolute Gasteiger partial charge is 0.375 e. The number of carbonyl (C=O) groups is 1. The number of hydrogen-bond donors (Lipinski definition) is 0. The minimum atomic E-state index is -0.757. The van der Waals surface area contributed by atoms with Crippen LogP contribution in [0.2, 0.25) is 0 Å². The van der Waals surface area contributed by atoms with Gasteiger partial charge in [0.15, 0.2) is 5.78 Å². The van der Waals surface area contributed by atoms with Gasteiger partial charge in [-0.05, 0) is 50.7 Å². The number of ketones is 1. The summed E-state index contributed by atoms with van der Waals surface area (Å²) >= 11 is 0. The van der Waals surface area contributed by atoms with Crippen LogP contribution in [0.1, 0.15) is 48.0 Å². The smallest absolute Gasteiger partial charge is 0.169 e. The molecule has 0 amide bonds. The predicted octanol–water partition coefficient (Wildman–Crippen LogP) is 3.81. The van der Waals surface area contributed by atoms with E-state index in [9.17, 15) is 13.6 Å². The maximum absolute atomic E-state index is 13.8. The molecule has 1 saturated heterocycles. The van der Waals surface area contributed by atoms with Gasteiger partial charge in [0.1, 0.15) is 11.6 Å². The molecule has 1 aliphatic carbocycles. The quantitative estimate of drug-likeness (QED) is 0.770. The fraction of sp³-hybridized carbons (Fsp3) is 0.562. The van der Waals surface area contributed by atoms with Gasteiger partial charge in [0.05, 0.1) is 11.2 Å². The Labute approximate surface area is 117 Å². The van der Waals surface area contributed by atoms with Gasteiger partial charge < -0.3 is 4.74 Å². The second-order valence-corrected chi connectivity index (χ2v) is 6.02. The molecule has 108 valence electrons. The molecule has 1 heterocycles. The summed E-state index contributed by atoms with van der Waals surface area (Å²) in [6.07, 6.45) is 4.40. The first-order valence-electron chi connectivity index (χ1n) is 7.15. The van der Waals surface area contributed by atoms with E-state index in [-0.39, 0.29) is 22.9 Å². The number of ether oxygens (including phenoxy) is 1. The van der Waals surface area contributed by atoms with Crippen LogP contribution < -0.4 is 0 Å². The van der Waals surface area contributed by atoms with E-state index < -0.39 is 11.6 Å². The molecule has 1 aromatic carbocycles. The monoisotopic (exact) mass is 280 g/mol. The van der Waals surface area contributed by atoms with Crippen molar-refractivity contribution in [2.75, 3.05) is 6.61 Å². The molecule has 1 spiro atoms. The number of Topliss-reactive ketones (excluding diaryl/α,β-unsaturated/α-hetero) is 1. The van der Waals surface area contributed by atoms with Crippen molar-refractivity contribution in [2.45, 2.75) is 44.6 Å². The molecule has 20 heavy (non-hydrogen) atoms. The number of rotatable bonds is 2. The minimum absolute atomic E-state index is 0.0188. The van der Waals surface area contributed by atoms with Gasteiger partial charge in [-0.15, -0.1) is 0 Å². The summed E-state index contributed by atoms with van der Waals surface area (Å²) in [5.41, 5.74) is 0.176. The molecule has 1 unspecified atom stereocenters. The van der Waals surface area contributed by atoms with Gasteiger partial charge in [-0.1, -0.05) is 0 Å². The van der Waals surface area contributed by atoms with Crippen molar-refractivity contribution in [2.24, 2.45) is 5.92 Å². The van der Waals surface area contributed by atoms with Crippen LogP contribution in [0.25, 0.3) is 0 Å². The highest BCUT2D eigenvalue weighted by Gasteiger charge is 2.44. The first kappa shape index (κ1) is 13.7. The zero-order valence-corrected chi connectivity index (χ0v) is 11.5. The average Bonchev–Trinajstić information content (AvgIpc) is 2.40. The standard InChI is InChI=1S/C16H18F2O2/c1-10-7-12(14(18)8-13(10)17)15(19)11-3-6-20-16(9-11)4-2-5-16/h7-8,11H,2-6,9H2,1H3. The van der Waals surface area contributed by atoms with Gasteiger partial charge in [-0.3, -0.25) is 4.79 Å². The van der Waals surface area contributed by atoms with Crippen molar-refractivity contribution in [1.29, 1.82) is 0 Å². The fourth-order valence-electron chi connectivity index (χ4n) is 3.24. The number of hydrogen-bond acceptors (Lipinski definition) is 2. The van der Waals surface area contributed by atoms with E-state index in [2.05, 4.69) is 0 Å². The normalized spacial score (nSPS) is 24.4. The molecule has 2 aliphatic rings. The second kappa shape index (κ2) is 4.92. The maximum atomic E-state index is 13.8. The van der Waals surface area contributed by atoms with E-state index >= 15 is 0 Å². The van der Waals surface area contributed by atoms with E-state index in [1.807, 2.05) is 0 Å². The third-order valence-corrected chi connectivity index (χ3v) is 4.64. The van der Waals surface area contributed by atoms with Crippen LogP contribution in [0.3, 0.4) is 0 Å². The average molecular weight is 280 g/mol. The Balaban J connectivity index is 1.83. The van der Waals surface area contributed by atoms with Crippen molar-refractivity contribution in [3.8, 4) is 0 Å². The summed E-state index contributed by atoms with van der Waals surface area (Å²) in [4.78, 5) is 12.5. The van der Waals surface area contributed by atoms with Crippen LogP contribution in [-0.4, -0.2) is 18.0 Å². The molecule has 2 nitrogen and oxygen atoms in total. The van der Waals surface area contributed by atoms with Crippen molar-refractivity contribution in [3.63, 3.8) is 0 Å². The third-order valence-electron chi connectivity index (χ3n) is 4.64. The van der Waals surface area contributed by atoms with Gasteiger partial charge in [0, 0.05) is 18.6 Å². The highest BCUT2D eigenvalue weighted by atomic mass is 19.1. The predicted molar refractivity (Wildman–Crippen MR) is 70.7 cm³/mol. The number of aryl methyl sites for hydroxylation is 1. The van der Waals surface area contributed by atoms with Crippen molar-refractivity contribution in [1.82, 2.24) is 0 Å². The minimum Gasteiger partial charge on any atom is -0.375 e. The lowest BCUT2D eigenvalue weighted by Crippen LogP contribution is -2.47. The van der Waals surface area contributed by atoms with Gasteiger partial charge >= 0.3 is 0 Å². The first-order chi connectivity index (χ1) is 9.51. The Morgan fingerprint density at radius 2 is 2.05 bits per heavy atom. The van der Waals surface area contributed by atoms with E-state index in [1.165, 1.54) is 6.07 Å². The van der Waals surface area contributed by atoms with Gasteiger partial charge in [0.2, 0.25) is 0 Å². The molecule has 0 aromatic heterocycles. The Morgan fingerprint density at radius 1 is 1.30 bits per heavy atom. The van der Waals surface area contributed by atoms with Crippen LogP contribution in [0, 0.1) is 24.5 Å². The summed E-state index contributed by atoms with van der Waals surface area (Å²) in [5.74, 6) is -1.78. The second-order valence-electron chi connectivity index (χ2n) is 6.02. The summed E-state index contributed by atoms with van der Waals surface area (Å²) in [5, 5.41) is 0. The van der Waals surface area contributed by atoms with Crippen LogP contribution in [0.15, 0.2) is 12.1 Å². The van der Waals surface area contributed by atoms with Crippen LogP contribution in [0.4, 0.5) is 8.78 Å². The van der Waals surface area contributed by atoms with Gasteiger partial charge in [-0.2, -0.15) is 0 Å². The van der Waals surface area contributed by atoms with Crippen molar-refractivity contribution < 1.29 is 18.3 Å². The maximum Gasteiger partial charge on any atom is 0.169 e. The van der Waals surface area contributed by atoms with Crippen LogP contribution in [0.5, 0.6) is 0 Å². The van der Waals surface area contributed by atoms with E-state index in [0.717, 1.165) is 25.3 Å². The van der Waals surface area contributed by atoms with E-state index in [0.29, 0.717) is 25.0 Å². The Bertz CT molecular complexity index is 550. The van der Waals surface area contributed by atoms with Crippen molar-refractivity contribution in [3.05, 3.63) is 34.9 Å². The molecular weight excluding hydrogens is 262 g/mol. The first-order valence-corrected chi connectivity index (χ1v) is 7.15. The zero-order chi connectivity index (χ0) is 14.3. The Hall–Kier alpha value is -1.29. The van der Waals surface area contributed by atoms with Crippen molar-refractivity contribution >= 4 is 5.78 Å². The molecule has 3 rings (SSSR count). The molecule has 0 bridgehead atoms.